The van der Waals surface area contributed by atoms with Gasteiger partial charge in [0.15, 0.2) is 0 Å². The number of amides is 3. The number of hydrogen-bond donors (Lipinski definition) is 2. The molecule has 0 bridgehead atoms. The maximum atomic E-state index is 13.8. The van der Waals surface area contributed by atoms with Crippen LogP contribution in [0.5, 0.6) is 0 Å². The summed E-state index contributed by atoms with van der Waals surface area (Å²) in [5.74, 6) is -1.44. The van der Waals surface area contributed by atoms with Crippen LogP contribution in [0.1, 0.15) is 70.7 Å². The highest BCUT2D eigenvalue weighted by Gasteiger charge is 2.36. The zero-order chi connectivity index (χ0) is 26.9. The van der Waals surface area contributed by atoms with Crippen LogP contribution in [0, 0.1) is 19.8 Å². The summed E-state index contributed by atoms with van der Waals surface area (Å²) in [5.41, 5.74) is 1.88. The number of alkyl carbamates (subject to hydrolysis) is 1. The Kier molecular flexibility index (Phi) is 11.2. The van der Waals surface area contributed by atoms with E-state index in [1.807, 2.05) is 39.8 Å². The first-order valence-electron chi connectivity index (χ1n) is 11.9. The fourth-order valence-electron chi connectivity index (χ4n) is 3.54. The molecule has 0 heterocycles. The molecule has 0 aromatic heterocycles. The number of methoxy groups -OCH3 is 1. The van der Waals surface area contributed by atoms with Crippen molar-refractivity contribution in [2.24, 2.45) is 5.92 Å². The Morgan fingerprint density at radius 2 is 1.69 bits per heavy atom. The molecule has 35 heavy (non-hydrogen) atoms. The highest BCUT2D eigenvalue weighted by Crippen LogP contribution is 2.25. The third-order valence-corrected chi connectivity index (χ3v) is 5.36. The van der Waals surface area contributed by atoms with Crippen LogP contribution < -0.4 is 10.6 Å². The van der Waals surface area contributed by atoms with E-state index >= 15 is 0 Å². The van der Waals surface area contributed by atoms with E-state index in [9.17, 15) is 19.2 Å². The molecule has 196 valence electrons. The lowest BCUT2D eigenvalue weighted by molar-refractivity contribution is -0.144. The lowest BCUT2D eigenvalue weighted by atomic mass is 9.97. The fourth-order valence-corrected chi connectivity index (χ4v) is 3.54. The van der Waals surface area contributed by atoms with Crippen LogP contribution in [0.3, 0.4) is 0 Å². The molecule has 2 N–H and O–H groups in total. The van der Waals surface area contributed by atoms with Crippen molar-refractivity contribution in [2.75, 3.05) is 20.2 Å². The summed E-state index contributed by atoms with van der Waals surface area (Å²) in [6.07, 6.45) is -0.344. The minimum absolute atomic E-state index is 0.0887. The fraction of sp³-hybridized carbons (Fsp3) is 0.615. The lowest BCUT2D eigenvalue weighted by Crippen LogP contribution is -2.53. The highest BCUT2D eigenvalue weighted by molar-refractivity contribution is 5.93. The molecule has 1 aromatic carbocycles. The van der Waals surface area contributed by atoms with Gasteiger partial charge in [-0.2, -0.15) is 0 Å². The standard InChI is InChI=1S/C26H41N3O6/c1-10-29(24(32)20(13-16(2)3)28-25(33)35-26(6,7)8)22(23(31)27-15-21(30)34-9)19-12-11-17(4)18(5)14-19/h11-12,14,16,20,22H,10,13,15H2,1-9H3,(H,27,31)(H,28,33). The van der Waals surface area contributed by atoms with Gasteiger partial charge in [-0.15, -0.1) is 0 Å². The molecule has 1 rings (SSSR count). The number of rotatable bonds is 10. The summed E-state index contributed by atoms with van der Waals surface area (Å²) in [6.45, 7) is 14.6. The van der Waals surface area contributed by atoms with Crippen LogP contribution >= 0.6 is 0 Å². The van der Waals surface area contributed by atoms with Gasteiger partial charge in [-0.3, -0.25) is 14.4 Å². The van der Waals surface area contributed by atoms with Gasteiger partial charge in [-0.1, -0.05) is 32.0 Å². The number of carbonyl (C=O) groups is 4. The zero-order valence-corrected chi connectivity index (χ0v) is 22.5. The average molecular weight is 492 g/mol. The van der Waals surface area contributed by atoms with E-state index in [1.165, 1.54) is 12.0 Å². The molecule has 3 amide bonds. The third-order valence-electron chi connectivity index (χ3n) is 5.36. The molecule has 2 atom stereocenters. The smallest absolute Gasteiger partial charge is 0.408 e. The van der Waals surface area contributed by atoms with Crippen LogP contribution in [-0.4, -0.2) is 60.6 Å². The van der Waals surface area contributed by atoms with Gasteiger partial charge in [0, 0.05) is 6.54 Å². The quantitative estimate of drug-likeness (QED) is 0.485. The Hall–Kier alpha value is -3.10. The molecule has 0 radical (unpaired) electrons. The first-order valence-corrected chi connectivity index (χ1v) is 11.9. The number of benzene rings is 1. The Labute approximate surface area is 208 Å². The van der Waals surface area contributed by atoms with Crippen LogP contribution in [0.25, 0.3) is 0 Å². The molecule has 1 aromatic rings. The normalized spacial score (nSPS) is 13.0. The second-order valence-electron chi connectivity index (χ2n) is 9.99. The Morgan fingerprint density at radius 1 is 1.06 bits per heavy atom. The lowest BCUT2D eigenvalue weighted by Gasteiger charge is -2.34. The van der Waals surface area contributed by atoms with E-state index < -0.39 is 41.6 Å². The van der Waals surface area contributed by atoms with E-state index in [0.29, 0.717) is 12.0 Å². The predicted octanol–water partition coefficient (Wildman–Crippen LogP) is 3.42. The molecule has 9 heteroatoms. The molecule has 0 spiro atoms. The Morgan fingerprint density at radius 3 is 2.17 bits per heavy atom. The van der Waals surface area contributed by atoms with Crippen LogP contribution in [-0.2, 0) is 23.9 Å². The van der Waals surface area contributed by atoms with Crippen molar-refractivity contribution in [1.82, 2.24) is 15.5 Å². The van der Waals surface area contributed by atoms with E-state index in [4.69, 9.17) is 4.74 Å². The minimum Gasteiger partial charge on any atom is -0.468 e. The molecule has 0 aliphatic heterocycles. The van der Waals surface area contributed by atoms with Gasteiger partial charge in [0.25, 0.3) is 0 Å². The van der Waals surface area contributed by atoms with Crippen LogP contribution in [0.15, 0.2) is 18.2 Å². The van der Waals surface area contributed by atoms with Crippen LogP contribution in [0.2, 0.25) is 0 Å². The van der Waals surface area contributed by atoms with Gasteiger partial charge in [-0.25, -0.2) is 4.79 Å². The summed E-state index contributed by atoms with van der Waals surface area (Å²) in [4.78, 5) is 52.6. The average Bonchev–Trinajstić information content (AvgIpc) is 2.74. The Balaban J connectivity index is 3.39. The molecule has 9 nitrogen and oxygen atoms in total. The number of ether oxygens (including phenoxy) is 2. The van der Waals surface area contributed by atoms with E-state index in [0.717, 1.165) is 11.1 Å². The summed E-state index contributed by atoms with van der Waals surface area (Å²) >= 11 is 0. The molecular weight excluding hydrogens is 450 g/mol. The Bertz CT molecular complexity index is 907. The van der Waals surface area contributed by atoms with Gasteiger partial charge in [0.1, 0.15) is 24.2 Å². The van der Waals surface area contributed by atoms with Gasteiger partial charge >= 0.3 is 12.1 Å². The van der Waals surface area contributed by atoms with Crippen molar-refractivity contribution >= 4 is 23.9 Å². The second kappa shape index (κ2) is 13.1. The van der Waals surface area contributed by atoms with Gasteiger partial charge in [-0.05, 0) is 70.6 Å². The van der Waals surface area contributed by atoms with Crippen LogP contribution in [0.4, 0.5) is 4.79 Å². The van der Waals surface area contributed by atoms with E-state index in [-0.39, 0.29) is 19.0 Å². The largest absolute Gasteiger partial charge is 0.468 e. The predicted molar refractivity (Wildman–Crippen MR) is 134 cm³/mol. The van der Waals surface area contributed by atoms with Crippen molar-refractivity contribution in [3.63, 3.8) is 0 Å². The van der Waals surface area contributed by atoms with Gasteiger partial charge < -0.3 is 25.0 Å². The van der Waals surface area contributed by atoms with Crippen molar-refractivity contribution in [3.8, 4) is 0 Å². The number of carbonyl (C=O) groups excluding carboxylic acids is 4. The number of nitrogens with one attached hydrogen (secondary N) is 2. The van der Waals surface area contributed by atoms with E-state index in [2.05, 4.69) is 15.4 Å². The SMILES string of the molecule is CCN(C(=O)C(CC(C)C)NC(=O)OC(C)(C)C)C(C(=O)NCC(=O)OC)c1ccc(C)c(C)c1. The van der Waals surface area contributed by atoms with Crippen molar-refractivity contribution in [3.05, 3.63) is 34.9 Å². The molecule has 0 saturated carbocycles. The first kappa shape index (κ1) is 29.9. The molecule has 2 unspecified atom stereocenters. The zero-order valence-electron chi connectivity index (χ0n) is 22.5. The number of esters is 1. The maximum Gasteiger partial charge on any atom is 0.408 e. The molecule has 0 saturated heterocycles. The molecule has 0 aliphatic rings. The monoisotopic (exact) mass is 491 g/mol. The second-order valence-corrected chi connectivity index (χ2v) is 9.99. The highest BCUT2D eigenvalue weighted by atomic mass is 16.6. The maximum absolute atomic E-state index is 13.8. The van der Waals surface area contributed by atoms with E-state index in [1.54, 1.807) is 33.8 Å². The number of aryl methyl sites for hydroxylation is 2. The topological polar surface area (TPSA) is 114 Å². The summed E-state index contributed by atoms with van der Waals surface area (Å²) in [6, 6.07) is 3.62. The van der Waals surface area contributed by atoms with Gasteiger partial charge in [0.05, 0.1) is 7.11 Å². The summed E-state index contributed by atoms with van der Waals surface area (Å²) in [5, 5.41) is 5.25. The minimum atomic E-state index is -1.01. The number of hydrogen-bond acceptors (Lipinski definition) is 6. The third kappa shape index (κ3) is 9.58. The molecular formula is C26H41N3O6. The molecule has 0 aliphatic carbocycles. The number of nitrogens with zero attached hydrogens (tertiary/aromatic N) is 1. The first-order chi connectivity index (χ1) is 16.2. The summed E-state index contributed by atoms with van der Waals surface area (Å²) < 4.78 is 9.99. The molecule has 0 fully saturated rings. The van der Waals surface area contributed by atoms with Crippen molar-refractivity contribution in [2.45, 2.75) is 79.5 Å². The van der Waals surface area contributed by atoms with Crippen molar-refractivity contribution < 1.29 is 28.7 Å². The van der Waals surface area contributed by atoms with Gasteiger partial charge in [0.2, 0.25) is 11.8 Å². The summed E-state index contributed by atoms with van der Waals surface area (Å²) in [7, 11) is 1.23. The van der Waals surface area contributed by atoms with Crippen molar-refractivity contribution in [1.29, 1.82) is 0 Å². The number of likely N-dealkylation sites (N-methyl/N-ethyl adjacent to an activating group) is 1.